The Morgan fingerprint density at radius 1 is 0.200 bits per heavy atom. The van der Waals surface area contributed by atoms with Crippen LogP contribution in [0.2, 0.25) is 0 Å². The summed E-state index contributed by atoms with van der Waals surface area (Å²) in [6.07, 6.45) is 0. The predicted molar refractivity (Wildman–Crippen MR) is 378 cm³/mol. The molecule has 14 aromatic carbocycles. The summed E-state index contributed by atoms with van der Waals surface area (Å²) >= 11 is 0. The Morgan fingerprint density at radius 3 is 0.922 bits per heavy atom. The minimum absolute atomic E-state index is 0.876. The van der Waals surface area contributed by atoms with Gasteiger partial charge in [0.2, 0.25) is 0 Å². The molecule has 0 aliphatic carbocycles. The first kappa shape index (κ1) is 53.7. The van der Waals surface area contributed by atoms with Crippen molar-refractivity contribution in [3.8, 4) is 77.9 Å². The molecule has 0 spiro atoms. The van der Waals surface area contributed by atoms with E-state index in [4.69, 9.17) is 8.83 Å². The maximum atomic E-state index is 6.33. The first-order valence-corrected chi connectivity index (χ1v) is 30.8. The summed E-state index contributed by atoms with van der Waals surface area (Å²) < 4.78 is 12.7. The molecule has 0 saturated carbocycles. The van der Waals surface area contributed by atoms with Crippen molar-refractivity contribution in [2.24, 2.45) is 0 Å². The molecule has 90 heavy (non-hydrogen) atoms. The number of hydrogen-bond donors (Lipinski definition) is 0. The Hall–Kier alpha value is -11.7. The van der Waals surface area contributed by atoms with Crippen molar-refractivity contribution < 1.29 is 8.83 Å². The van der Waals surface area contributed by atoms with Gasteiger partial charge in [-0.15, -0.1) is 0 Å². The number of furan rings is 2. The molecule has 0 N–H and O–H groups in total. The third kappa shape index (κ3) is 9.96. The van der Waals surface area contributed by atoms with Gasteiger partial charge in [-0.1, -0.05) is 218 Å². The van der Waals surface area contributed by atoms with Crippen molar-refractivity contribution in [1.29, 1.82) is 0 Å². The standard InChI is InChI=1S/C86H60N2O2/c1-57-51-67(39-47-79(57)87(71-43-35-61(36-44-71)65-25-17-23-63(53-65)59-19-5-3-6-20-59)81-31-13-9-27-73(81)69-41-49-85-77(55-69)75-29-11-15-33-83(75)89-85)68-40-48-80(58(2)52-68)88(72-45-37-62(38-46-72)66-26-18-24-64(54-66)60-21-7-4-8-22-60)82-32-14-10-28-74(82)70-42-50-86-78(56-70)76-30-12-16-34-84(76)90-86/h3-56H,1-2H3. The van der Waals surface area contributed by atoms with Crippen LogP contribution in [0.5, 0.6) is 0 Å². The minimum atomic E-state index is 0.876. The highest BCUT2D eigenvalue weighted by molar-refractivity contribution is 6.08. The van der Waals surface area contributed by atoms with E-state index >= 15 is 0 Å². The van der Waals surface area contributed by atoms with Gasteiger partial charge < -0.3 is 18.6 Å². The van der Waals surface area contributed by atoms with Crippen molar-refractivity contribution >= 4 is 78.0 Å². The molecule has 0 atom stereocenters. The van der Waals surface area contributed by atoms with Crippen molar-refractivity contribution in [2.75, 3.05) is 9.80 Å². The first-order valence-electron chi connectivity index (χ1n) is 30.8. The average molecular weight is 1150 g/mol. The third-order valence-electron chi connectivity index (χ3n) is 17.7. The van der Waals surface area contributed by atoms with Gasteiger partial charge in [0.15, 0.2) is 0 Å². The maximum absolute atomic E-state index is 6.33. The van der Waals surface area contributed by atoms with Crippen LogP contribution in [0.4, 0.5) is 34.1 Å². The smallest absolute Gasteiger partial charge is 0.135 e. The number of nitrogens with zero attached hydrogens (tertiary/aromatic N) is 2. The summed E-state index contributed by atoms with van der Waals surface area (Å²) in [6.45, 7) is 4.49. The second-order valence-corrected chi connectivity index (χ2v) is 23.3. The lowest BCUT2D eigenvalue weighted by atomic mass is 9.96. The van der Waals surface area contributed by atoms with Gasteiger partial charge in [-0.05, 0) is 201 Å². The van der Waals surface area contributed by atoms with E-state index in [-0.39, 0.29) is 0 Å². The van der Waals surface area contributed by atoms with Gasteiger partial charge in [-0.3, -0.25) is 0 Å². The fourth-order valence-corrected chi connectivity index (χ4v) is 13.2. The highest BCUT2D eigenvalue weighted by Crippen LogP contribution is 2.48. The van der Waals surface area contributed by atoms with Crippen LogP contribution >= 0.6 is 0 Å². The molecule has 0 aliphatic heterocycles. The van der Waals surface area contributed by atoms with E-state index < -0.39 is 0 Å². The summed E-state index contributed by atoms with van der Waals surface area (Å²) in [5.41, 5.74) is 28.4. The first-order chi connectivity index (χ1) is 44.4. The number of para-hydroxylation sites is 4. The summed E-state index contributed by atoms with van der Waals surface area (Å²) in [5, 5.41) is 4.41. The van der Waals surface area contributed by atoms with E-state index in [9.17, 15) is 0 Å². The molecule has 0 fully saturated rings. The lowest BCUT2D eigenvalue weighted by Crippen LogP contribution is -2.13. The SMILES string of the molecule is Cc1cc(-c2ccc(N(c3ccc(-c4cccc(-c5ccccc5)c4)cc3)c3ccccc3-c3ccc4oc5ccccc5c4c3)c(C)c2)ccc1N(c1ccc(-c2cccc(-c3ccccc3)c2)cc1)c1ccccc1-c1ccc2oc3ccccc3c2c1. The van der Waals surface area contributed by atoms with E-state index in [1.165, 1.54) is 33.4 Å². The number of aryl methyl sites for hydroxylation is 2. The van der Waals surface area contributed by atoms with Gasteiger partial charge in [0.1, 0.15) is 22.3 Å². The van der Waals surface area contributed by atoms with Crippen molar-refractivity contribution in [3.05, 3.63) is 339 Å². The Labute approximate surface area is 524 Å². The lowest BCUT2D eigenvalue weighted by Gasteiger charge is -2.30. The predicted octanol–water partition coefficient (Wildman–Crippen LogP) is 24.7. The second kappa shape index (κ2) is 22.9. The number of benzene rings is 14. The molecule has 0 radical (unpaired) electrons. The van der Waals surface area contributed by atoms with E-state index in [1.807, 2.05) is 24.3 Å². The van der Waals surface area contributed by atoms with Crippen LogP contribution in [0.3, 0.4) is 0 Å². The zero-order chi connectivity index (χ0) is 60.1. The molecule has 0 amide bonds. The lowest BCUT2D eigenvalue weighted by molar-refractivity contribution is 0.668. The van der Waals surface area contributed by atoms with Gasteiger partial charge in [0.05, 0.1) is 11.4 Å². The van der Waals surface area contributed by atoms with E-state index in [2.05, 4.69) is 327 Å². The molecule has 2 heterocycles. The summed E-state index contributed by atoms with van der Waals surface area (Å²) in [4.78, 5) is 4.86. The summed E-state index contributed by atoms with van der Waals surface area (Å²) in [5.74, 6) is 0. The van der Waals surface area contributed by atoms with Crippen molar-refractivity contribution in [3.63, 3.8) is 0 Å². The summed E-state index contributed by atoms with van der Waals surface area (Å²) in [6, 6.07) is 118. The van der Waals surface area contributed by atoms with Gasteiger partial charge in [0, 0.05) is 55.4 Å². The van der Waals surface area contributed by atoms with Gasteiger partial charge >= 0.3 is 0 Å². The Morgan fingerprint density at radius 2 is 0.511 bits per heavy atom. The molecular weight excluding hydrogens is 1090 g/mol. The van der Waals surface area contributed by atoms with Crippen LogP contribution < -0.4 is 9.80 Å². The monoisotopic (exact) mass is 1150 g/mol. The normalized spacial score (nSPS) is 11.4. The van der Waals surface area contributed by atoms with Gasteiger partial charge in [0.25, 0.3) is 0 Å². The van der Waals surface area contributed by atoms with Gasteiger partial charge in [-0.25, -0.2) is 0 Å². The van der Waals surface area contributed by atoms with Crippen LogP contribution in [0, 0.1) is 13.8 Å². The molecule has 0 bridgehead atoms. The molecule has 2 aromatic heterocycles. The number of anilines is 6. The molecule has 16 aromatic rings. The van der Waals surface area contributed by atoms with Crippen LogP contribution in [0.1, 0.15) is 11.1 Å². The molecular formula is C86H60N2O2. The largest absolute Gasteiger partial charge is 0.456 e. The van der Waals surface area contributed by atoms with Crippen LogP contribution in [-0.4, -0.2) is 0 Å². The highest BCUT2D eigenvalue weighted by Gasteiger charge is 2.23. The Kier molecular flexibility index (Phi) is 13.6. The third-order valence-corrected chi connectivity index (χ3v) is 17.7. The molecule has 4 heteroatoms. The van der Waals surface area contributed by atoms with E-state index in [0.717, 1.165) is 134 Å². The highest BCUT2D eigenvalue weighted by atomic mass is 16.3. The Balaban J connectivity index is 0.788. The number of rotatable bonds is 13. The van der Waals surface area contributed by atoms with Crippen LogP contribution in [0.15, 0.2) is 336 Å². The van der Waals surface area contributed by atoms with E-state index in [1.54, 1.807) is 0 Å². The van der Waals surface area contributed by atoms with Crippen molar-refractivity contribution in [1.82, 2.24) is 0 Å². The molecule has 0 saturated heterocycles. The number of hydrogen-bond acceptors (Lipinski definition) is 4. The fourth-order valence-electron chi connectivity index (χ4n) is 13.2. The average Bonchev–Trinajstić information content (AvgIpc) is 1.65. The molecule has 16 rings (SSSR count). The zero-order valence-electron chi connectivity index (χ0n) is 49.9. The molecule has 4 nitrogen and oxygen atoms in total. The quantitative estimate of drug-likeness (QED) is 0.115. The number of fused-ring (bicyclic) bond motifs is 6. The molecule has 0 unspecified atom stereocenters. The molecule has 426 valence electrons. The van der Waals surface area contributed by atoms with Gasteiger partial charge in [-0.2, -0.15) is 0 Å². The Bertz CT molecular complexity index is 4990. The topological polar surface area (TPSA) is 32.8 Å². The minimum Gasteiger partial charge on any atom is -0.456 e. The van der Waals surface area contributed by atoms with E-state index in [0.29, 0.717) is 0 Å². The fraction of sp³-hybridized carbons (Fsp3) is 0.0233. The van der Waals surface area contributed by atoms with Crippen LogP contribution in [-0.2, 0) is 0 Å². The van der Waals surface area contributed by atoms with Crippen molar-refractivity contribution in [2.45, 2.75) is 13.8 Å². The maximum Gasteiger partial charge on any atom is 0.135 e. The summed E-state index contributed by atoms with van der Waals surface area (Å²) in [7, 11) is 0. The van der Waals surface area contributed by atoms with Crippen LogP contribution in [0.25, 0.3) is 122 Å². The molecule has 0 aliphatic rings. The zero-order valence-corrected chi connectivity index (χ0v) is 49.9. The second-order valence-electron chi connectivity index (χ2n) is 23.3.